The van der Waals surface area contributed by atoms with E-state index >= 15 is 0 Å². The van der Waals surface area contributed by atoms with Crippen LogP contribution in [0.5, 0.6) is 0 Å². The van der Waals surface area contributed by atoms with Crippen molar-refractivity contribution in [1.82, 2.24) is 20.1 Å². The molecule has 154 valence electrons. The van der Waals surface area contributed by atoms with Gasteiger partial charge >= 0.3 is 0 Å². The normalized spacial score (nSPS) is 12.6. The van der Waals surface area contributed by atoms with Crippen molar-refractivity contribution in [2.24, 2.45) is 4.99 Å². The quantitative estimate of drug-likeness (QED) is 0.514. The molecule has 0 bridgehead atoms. The zero-order valence-electron chi connectivity index (χ0n) is 17.1. The maximum absolute atomic E-state index is 12.5. The van der Waals surface area contributed by atoms with Crippen LogP contribution in [0, 0.1) is 0 Å². The van der Waals surface area contributed by atoms with Crippen LogP contribution in [0.15, 0.2) is 44.7 Å². The van der Waals surface area contributed by atoms with Gasteiger partial charge in [0.05, 0.1) is 23.7 Å². The van der Waals surface area contributed by atoms with Crippen LogP contribution in [0.2, 0.25) is 0 Å². The van der Waals surface area contributed by atoms with Crippen LogP contribution in [0.25, 0.3) is 0 Å². The van der Waals surface area contributed by atoms with Crippen molar-refractivity contribution in [2.45, 2.75) is 44.7 Å². The molecule has 2 N–H and O–H groups in total. The van der Waals surface area contributed by atoms with Crippen LogP contribution in [0.1, 0.15) is 43.7 Å². The van der Waals surface area contributed by atoms with Crippen molar-refractivity contribution in [3.05, 3.63) is 47.3 Å². The van der Waals surface area contributed by atoms with Crippen LogP contribution in [-0.2, 0) is 23.1 Å². The van der Waals surface area contributed by atoms with Crippen LogP contribution in [0.4, 0.5) is 0 Å². The number of hydrogen-bond acceptors (Lipinski definition) is 5. The van der Waals surface area contributed by atoms with Gasteiger partial charge in [-0.1, -0.05) is 37.2 Å². The highest BCUT2D eigenvalue weighted by molar-refractivity contribution is 7.89. The molecule has 2 rings (SSSR count). The molecule has 1 aromatic carbocycles. The highest BCUT2D eigenvalue weighted by atomic mass is 32.2. The summed E-state index contributed by atoms with van der Waals surface area (Å²) in [6.07, 6.45) is 0. The van der Waals surface area contributed by atoms with E-state index in [-0.39, 0.29) is 11.4 Å². The molecule has 1 heterocycles. The van der Waals surface area contributed by atoms with Gasteiger partial charge in [0.1, 0.15) is 0 Å². The molecule has 0 spiro atoms. The number of guanidine groups is 1. The Bertz CT molecular complexity index is 904. The van der Waals surface area contributed by atoms with Gasteiger partial charge in [-0.15, -0.1) is 0 Å². The van der Waals surface area contributed by atoms with Crippen molar-refractivity contribution in [1.29, 1.82) is 0 Å². The third kappa shape index (κ3) is 5.56. The standard InChI is InChI=1S/C19H29N5O3S/c1-6-20-19(22-13-16-11-17(14(2)3)23-27-16)21-12-15-9-7-8-10-18(15)28(25,26)24(4)5/h7-11,14H,6,12-13H2,1-5H3,(H2,20,21,22). The van der Waals surface area contributed by atoms with Gasteiger partial charge in [0.15, 0.2) is 11.7 Å². The summed E-state index contributed by atoms with van der Waals surface area (Å²) in [5.74, 6) is 1.58. The number of rotatable bonds is 8. The average Bonchev–Trinajstić information content (AvgIpc) is 3.13. The van der Waals surface area contributed by atoms with Crippen LogP contribution >= 0.6 is 0 Å². The van der Waals surface area contributed by atoms with Crippen LogP contribution in [-0.4, -0.2) is 44.5 Å². The fourth-order valence-corrected chi connectivity index (χ4v) is 3.55. The Morgan fingerprint density at radius 1 is 1.25 bits per heavy atom. The molecule has 0 fully saturated rings. The summed E-state index contributed by atoms with van der Waals surface area (Å²) >= 11 is 0. The first kappa shape index (κ1) is 21.9. The maximum Gasteiger partial charge on any atom is 0.242 e. The lowest BCUT2D eigenvalue weighted by molar-refractivity contribution is 0.372. The Labute approximate surface area is 167 Å². The van der Waals surface area contributed by atoms with E-state index in [9.17, 15) is 8.42 Å². The zero-order chi connectivity index (χ0) is 20.7. The number of aliphatic imine (C=N–C) groups is 1. The number of aromatic nitrogens is 1. The third-order valence-electron chi connectivity index (χ3n) is 4.08. The molecule has 0 radical (unpaired) electrons. The van der Waals surface area contributed by atoms with Crippen molar-refractivity contribution in [3.8, 4) is 0 Å². The molecule has 0 amide bonds. The SMILES string of the molecule is CCNC(=NCc1ccccc1S(=O)(=O)N(C)C)NCc1cc(C(C)C)no1. The third-order valence-corrected chi connectivity index (χ3v) is 6.00. The number of nitrogens with zero attached hydrogens (tertiary/aromatic N) is 3. The Morgan fingerprint density at radius 3 is 2.57 bits per heavy atom. The number of benzene rings is 1. The van der Waals surface area contributed by atoms with Gasteiger partial charge < -0.3 is 15.2 Å². The second kappa shape index (κ2) is 9.70. The molecule has 0 aliphatic rings. The molecule has 0 unspecified atom stereocenters. The largest absolute Gasteiger partial charge is 0.359 e. The summed E-state index contributed by atoms with van der Waals surface area (Å²) in [6.45, 7) is 7.42. The topological polar surface area (TPSA) is 99.8 Å². The molecule has 0 saturated carbocycles. The first-order chi connectivity index (χ1) is 13.3. The van der Waals surface area contributed by atoms with E-state index in [4.69, 9.17) is 4.52 Å². The fourth-order valence-electron chi connectivity index (χ4n) is 2.44. The van der Waals surface area contributed by atoms with Gasteiger partial charge in [-0.05, 0) is 24.5 Å². The molecule has 0 atom stereocenters. The predicted octanol–water partition coefficient (Wildman–Crippen LogP) is 2.30. The van der Waals surface area contributed by atoms with E-state index in [0.717, 1.165) is 5.69 Å². The zero-order valence-corrected chi connectivity index (χ0v) is 17.9. The summed E-state index contributed by atoms with van der Waals surface area (Å²) in [7, 11) is -0.493. The monoisotopic (exact) mass is 407 g/mol. The fraction of sp³-hybridized carbons (Fsp3) is 0.474. The van der Waals surface area contributed by atoms with Gasteiger partial charge in [0.2, 0.25) is 10.0 Å². The second-order valence-electron chi connectivity index (χ2n) is 6.82. The summed E-state index contributed by atoms with van der Waals surface area (Å²) in [6, 6.07) is 8.81. The number of sulfonamides is 1. The molecule has 1 aromatic heterocycles. The van der Waals surface area contributed by atoms with Gasteiger partial charge in [-0.25, -0.2) is 17.7 Å². The van der Waals surface area contributed by atoms with E-state index < -0.39 is 10.0 Å². The minimum absolute atomic E-state index is 0.228. The lowest BCUT2D eigenvalue weighted by Crippen LogP contribution is -2.36. The first-order valence-electron chi connectivity index (χ1n) is 9.23. The molecule has 2 aromatic rings. The lowest BCUT2D eigenvalue weighted by Gasteiger charge is -2.15. The van der Waals surface area contributed by atoms with Crippen molar-refractivity contribution in [2.75, 3.05) is 20.6 Å². The summed E-state index contributed by atoms with van der Waals surface area (Å²) in [5, 5.41) is 10.4. The van der Waals surface area contributed by atoms with Crippen LogP contribution in [0.3, 0.4) is 0 Å². The smallest absolute Gasteiger partial charge is 0.242 e. The van der Waals surface area contributed by atoms with E-state index in [1.165, 1.54) is 18.4 Å². The summed E-state index contributed by atoms with van der Waals surface area (Å²) < 4.78 is 31.6. The van der Waals surface area contributed by atoms with Crippen molar-refractivity contribution < 1.29 is 12.9 Å². The number of hydrogen-bond donors (Lipinski definition) is 2. The Morgan fingerprint density at radius 2 is 1.96 bits per heavy atom. The Hall–Kier alpha value is -2.39. The molecule has 8 nitrogen and oxygen atoms in total. The highest BCUT2D eigenvalue weighted by Gasteiger charge is 2.20. The first-order valence-corrected chi connectivity index (χ1v) is 10.7. The molecular weight excluding hydrogens is 378 g/mol. The molecule has 28 heavy (non-hydrogen) atoms. The minimum Gasteiger partial charge on any atom is -0.359 e. The second-order valence-corrected chi connectivity index (χ2v) is 8.94. The Kier molecular flexibility index (Phi) is 7.59. The van der Waals surface area contributed by atoms with Gasteiger partial charge in [0, 0.05) is 26.7 Å². The highest BCUT2D eigenvalue weighted by Crippen LogP contribution is 2.19. The molecule has 9 heteroatoms. The number of nitrogens with one attached hydrogen (secondary N) is 2. The van der Waals surface area contributed by atoms with E-state index in [2.05, 4.69) is 34.6 Å². The molecular formula is C19H29N5O3S. The maximum atomic E-state index is 12.5. The molecule has 0 aliphatic carbocycles. The Balaban J connectivity index is 2.14. The van der Waals surface area contributed by atoms with Gasteiger partial charge in [-0.3, -0.25) is 0 Å². The van der Waals surface area contributed by atoms with Gasteiger partial charge in [0.25, 0.3) is 0 Å². The van der Waals surface area contributed by atoms with Crippen LogP contribution < -0.4 is 10.6 Å². The van der Waals surface area contributed by atoms with Crippen molar-refractivity contribution in [3.63, 3.8) is 0 Å². The lowest BCUT2D eigenvalue weighted by atomic mass is 10.1. The van der Waals surface area contributed by atoms with E-state index in [1.54, 1.807) is 18.2 Å². The van der Waals surface area contributed by atoms with E-state index in [0.29, 0.717) is 36.3 Å². The molecule has 0 aliphatic heterocycles. The predicted molar refractivity (Wildman–Crippen MR) is 110 cm³/mol. The minimum atomic E-state index is -3.53. The van der Waals surface area contributed by atoms with Gasteiger partial charge in [-0.2, -0.15) is 0 Å². The van der Waals surface area contributed by atoms with E-state index in [1.807, 2.05) is 19.1 Å². The van der Waals surface area contributed by atoms with Crippen molar-refractivity contribution >= 4 is 16.0 Å². The molecule has 0 saturated heterocycles. The summed E-state index contributed by atoms with van der Waals surface area (Å²) in [5.41, 5.74) is 1.54. The average molecular weight is 408 g/mol. The summed E-state index contributed by atoms with van der Waals surface area (Å²) in [4.78, 5) is 4.78.